The van der Waals surface area contributed by atoms with Gasteiger partial charge in [-0.2, -0.15) is 0 Å². The number of aromatic hydroxyl groups is 1. The molecular weight excluding hydrogens is 278 g/mol. The monoisotopic (exact) mass is 293 g/mol. The van der Waals surface area contributed by atoms with Crippen molar-refractivity contribution in [3.63, 3.8) is 0 Å². The molecule has 1 heterocycles. The lowest BCUT2D eigenvalue weighted by Crippen LogP contribution is -2.02. The molecule has 0 saturated carbocycles. The lowest BCUT2D eigenvalue weighted by Gasteiger charge is -2.00. The van der Waals surface area contributed by atoms with Crippen molar-refractivity contribution in [1.29, 1.82) is 0 Å². The molecule has 0 aliphatic heterocycles. The Balaban J connectivity index is 1.78. The zero-order chi connectivity index (χ0) is 15.5. The molecule has 0 fully saturated rings. The van der Waals surface area contributed by atoms with Crippen molar-refractivity contribution < 1.29 is 14.3 Å². The molecule has 4 nitrogen and oxygen atoms in total. The molecule has 0 atom stereocenters. The summed E-state index contributed by atoms with van der Waals surface area (Å²) in [6.07, 6.45) is 1.73. The third-order valence-corrected chi connectivity index (χ3v) is 3.34. The maximum atomic E-state index is 12.3. The van der Waals surface area contributed by atoms with Gasteiger partial charge >= 0.3 is 0 Å². The summed E-state index contributed by atoms with van der Waals surface area (Å²) in [5.74, 6) is 0.673. The number of rotatable bonds is 4. The van der Waals surface area contributed by atoms with Crippen molar-refractivity contribution in [2.24, 2.45) is 0 Å². The van der Waals surface area contributed by atoms with Gasteiger partial charge in [-0.3, -0.25) is 4.79 Å². The molecule has 0 aliphatic carbocycles. The van der Waals surface area contributed by atoms with Crippen molar-refractivity contribution in [3.8, 4) is 17.2 Å². The van der Waals surface area contributed by atoms with Gasteiger partial charge in [0.1, 0.15) is 5.75 Å². The van der Waals surface area contributed by atoms with Gasteiger partial charge in [-0.05, 0) is 36.8 Å². The highest BCUT2D eigenvalue weighted by Gasteiger charge is 2.14. The van der Waals surface area contributed by atoms with E-state index in [1.165, 1.54) is 6.20 Å². The second kappa shape index (κ2) is 5.85. The number of Topliss-reactive ketones (excluding diaryl/α,β-unsaturated/α-hetero) is 1. The van der Waals surface area contributed by atoms with Crippen LogP contribution in [0.1, 0.15) is 21.7 Å². The first-order valence-corrected chi connectivity index (χ1v) is 6.96. The highest BCUT2D eigenvalue weighted by atomic mass is 16.4. The summed E-state index contributed by atoms with van der Waals surface area (Å²) < 4.78 is 5.53. The summed E-state index contributed by atoms with van der Waals surface area (Å²) in [5.41, 5.74) is 2.78. The number of aromatic nitrogens is 1. The number of aryl methyl sites for hydroxylation is 1. The molecule has 0 unspecified atom stereocenters. The largest absolute Gasteiger partial charge is 0.508 e. The number of oxazole rings is 1. The van der Waals surface area contributed by atoms with Crippen LogP contribution in [0.15, 0.2) is 59.1 Å². The van der Waals surface area contributed by atoms with E-state index in [-0.39, 0.29) is 23.7 Å². The van der Waals surface area contributed by atoms with Gasteiger partial charge in [0, 0.05) is 12.0 Å². The minimum absolute atomic E-state index is 0.108. The number of phenols is 1. The summed E-state index contributed by atoms with van der Waals surface area (Å²) in [7, 11) is 0. The minimum atomic E-state index is -0.108. The van der Waals surface area contributed by atoms with Gasteiger partial charge < -0.3 is 9.52 Å². The van der Waals surface area contributed by atoms with Crippen molar-refractivity contribution in [3.05, 3.63) is 71.6 Å². The number of hydrogen-bond acceptors (Lipinski definition) is 4. The highest BCUT2D eigenvalue weighted by molar-refractivity contribution is 5.95. The number of carbonyl (C=O) groups is 1. The van der Waals surface area contributed by atoms with Crippen molar-refractivity contribution in [2.75, 3.05) is 0 Å². The number of phenolic OH excluding ortho intramolecular Hbond substituents is 1. The summed E-state index contributed by atoms with van der Waals surface area (Å²) >= 11 is 0. The Morgan fingerprint density at radius 2 is 1.95 bits per heavy atom. The van der Waals surface area contributed by atoms with Crippen LogP contribution in [0, 0.1) is 6.92 Å². The third kappa shape index (κ3) is 3.06. The van der Waals surface area contributed by atoms with Gasteiger partial charge in [-0.15, -0.1) is 0 Å². The van der Waals surface area contributed by atoms with Crippen molar-refractivity contribution >= 4 is 5.78 Å². The van der Waals surface area contributed by atoms with Crippen LogP contribution in [0.25, 0.3) is 11.5 Å². The number of ketones is 1. The van der Waals surface area contributed by atoms with Crippen molar-refractivity contribution in [2.45, 2.75) is 13.3 Å². The van der Waals surface area contributed by atoms with Crippen LogP contribution in [0.5, 0.6) is 5.75 Å². The first kappa shape index (κ1) is 14.1. The predicted molar refractivity (Wildman–Crippen MR) is 82.8 cm³/mol. The fraction of sp³-hybridized carbons (Fsp3) is 0.111. The van der Waals surface area contributed by atoms with Gasteiger partial charge in [0.15, 0.2) is 5.76 Å². The Morgan fingerprint density at radius 3 is 2.68 bits per heavy atom. The summed E-state index contributed by atoms with van der Waals surface area (Å²) in [5, 5.41) is 9.28. The maximum Gasteiger partial charge on any atom is 0.226 e. The molecule has 0 aliphatic rings. The summed E-state index contributed by atoms with van der Waals surface area (Å²) in [4.78, 5) is 16.4. The minimum Gasteiger partial charge on any atom is -0.508 e. The van der Waals surface area contributed by atoms with E-state index in [0.717, 1.165) is 11.1 Å². The van der Waals surface area contributed by atoms with Crippen LogP contribution in [-0.2, 0) is 6.42 Å². The molecular formula is C18H15NO3. The number of nitrogens with zero attached hydrogens (tertiary/aromatic N) is 1. The quantitative estimate of drug-likeness (QED) is 0.743. The first-order valence-electron chi connectivity index (χ1n) is 6.96. The molecule has 2 aromatic carbocycles. The Hall–Kier alpha value is -2.88. The molecule has 4 heteroatoms. The molecule has 3 rings (SSSR count). The maximum absolute atomic E-state index is 12.3. The van der Waals surface area contributed by atoms with E-state index in [4.69, 9.17) is 4.42 Å². The van der Waals surface area contributed by atoms with E-state index in [1.54, 1.807) is 24.3 Å². The van der Waals surface area contributed by atoms with Gasteiger partial charge in [0.05, 0.1) is 6.20 Å². The number of hydrogen-bond donors (Lipinski definition) is 1. The Morgan fingerprint density at radius 1 is 1.18 bits per heavy atom. The zero-order valence-corrected chi connectivity index (χ0v) is 12.1. The van der Waals surface area contributed by atoms with Gasteiger partial charge in [-0.1, -0.05) is 29.8 Å². The van der Waals surface area contributed by atoms with Crippen molar-refractivity contribution in [1.82, 2.24) is 4.98 Å². The first-order chi connectivity index (χ1) is 10.6. The molecule has 1 aromatic heterocycles. The van der Waals surface area contributed by atoms with Crippen LogP contribution in [0.2, 0.25) is 0 Å². The number of carbonyl (C=O) groups excluding carboxylic acids is 1. The Labute approximate surface area is 128 Å². The standard InChI is InChI=1S/C18H15NO3/c1-12-3-2-4-13(9-12)10-16(21)17-11-19-18(22-17)14-5-7-15(20)8-6-14/h2-9,11,20H,10H2,1H3. The zero-order valence-electron chi connectivity index (χ0n) is 12.1. The van der Waals surface area contributed by atoms with Crippen LogP contribution in [-0.4, -0.2) is 15.9 Å². The van der Waals surface area contributed by atoms with E-state index in [9.17, 15) is 9.90 Å². The van der Waals surface area contributed by atoms with Gasteiger partial charge in [0.25, 0.3) is 0 Å². The van der Waals surface area contributed by atoms with Crippen LogP contribution in [0.4, 0.5) is 0 Å². The summed E-state index contributed by atoms with van der Waals surface area (Å²) in [6.45, 7) is 1.99. The van der Waals surface area contributed by atoms with Crippen LogP contribution < -0.4 is 0 Å². The second-order valence-corrected chi connectivity index (χ2v) is 5.17. The SMILES string of the molecule is Cc1cccc(CC(=O)c2cnc(-c3ccc(O)cc3)o2)c1. The molecule has 0 bridgehead atoms. The number of benzene rings is 2. The molecule has 3 aromatic rings. The van der Waals surface area contributed by atoms with E-state index in [2.05, 4.69) is 4.98 Å². The molecule has 0 radical (unpaired) electrons. The fourth-order valence-corrected chi connectivity index (χ4v) is 2.24. The van der Waals surface area contributed by atoms with E-state index in [0.29, 0.717) is 11.5 Å². The fourth-order valence-electron chi connectivity index (χ4n) is 2.24. The average molecular weight is 293 g/mol. The molecule has 110 valence electrons. The van der Waals surface area contributed by atoms with Gasteiger partial charge in [0.2, 0.25) is 11.7 Å². The lowest BCUT2D eigenvalue weighted by molar-refractivity contribution is 0.0967. The van der Waals surface area contributed by atoms with E-state index < -0.39 is 0 Å². The molecule has 0 amide bonds. The molecule has 0 spiro atoms. The lowest BCUT2D eigenvalue weighted by atomic mass is 10.1. The normalized spacial score (nSPS) is 10.6. The van der Waals surface area contributed by atoms with Gasteiger partial charge in [-0.25, -0.2) is 4.98 Å². The van der Waals surface area contributed by atoms with Crippen LogP contribution in [0.3, 0.4) is 0 Å². The van der Waals surface area contributed by atoms with E-state index in [1.807, 2.05) is 31.2 Å². The Kier molecular flexibility index (Phi) is 3.74. The highest BCUT2D eigenvalue weighted by Crippen LogP contribution is 2.22. The smallest absolute Gasteiger partial charge is 0.226 e. The third-order valence-electron chi connectivity index (χ3n) is 3.34. The predicted octanol–water partition coefficient (Wildman–Crippen LogP) is 3.78. The topological polar surface area (TPSA) is 63.3 Å². The van der Waals surface area contributed by atoms with Crippen LogP contribution >= 0.6 is 0 Å². The molecule has 0 saturated heterocycles. The molecule has 22 heavy (non-hydrogen) atoms. The Bertz CT molecular complexity index is 803. The van der Waals surface area contributed by atoms with E-state index >= 15 is 0 Å². The summed E-state index contributed by atoms with van der Waals surface area (Å²) in [6, 6.07) is 14.3. The second-order valence-electron chi connectivity index (χ2n) is 5.17. The molecule has 1 N–H and O–H groups in total. The average Bonchev–Trinajstić information content (AvgIpc) is 2.98.